The lowest BCUT2D eigenvalue weighted by Gasteiger charge is -2.22. The van der Waals surface area contributed by atoms with Gasteiger partial charge in [0, 0.05) is 6.54 Å². The van der Waals surface area contributed by atoms with Crippen LogP contribution < -0.4 is 5.32 Å². The van der Waals surface area contributed by atoms with Crippen LogP contribution in [-0.4, -0.2) is 32.8 Å². The number of hydrogen-bond acceptors (Lipinski definition) is 4. The molecule has 4 nitrogen and oxygen atoms in total. The first-order chi connectivity index (χ1) is 9.29. The number of benzene rings is 1. The summed E-state index contributed by atoms with van der Waals surface area (Å²) in [5.74, 6) is 0.302. The van der Waals surface area contributed by atoms with Crippen LogP contribution in [0.25, 0.3) is 0 Å². The van der Waals surface area contributed by atoms with E-state index in [4.69, 9.17) is 9.47 Å². The van der Waals surface area contributed by atoms with E-state index in [9.17, 15) is 4.79 Å². The van der Waals surface area contributed by atoms with E-state index < -0.39 is 0 Å². The summed E-state index contributed by atoms with van der Waals surface area (Å²) in [4.78, 5) is 11.4. The van der Waals surface area contributed by atoms with Crippen molar-refractivity contribution in [1.29, 1.82) is 0 Å². The second-order valence-electron chi connectivity index (χ2n) is 4.92. The quantitative estimate of drug-likeness (QED) is 0.825. The van der Waals surface area contributed by atoms with Gasteiger partial charge in [0.1, 0.15) is 0 Å². The fourth-order valence-electron chi connectivity index (χ4n) is 2.32. The molecule has 0 radical (unpaired) electrons. The number of piperidine rings is 1. The van der Waals surface area contributed by atoms with Crippen molar-refractivity contribution in [2.75, 3.05) is 26.8 Å². The Morgan fingerprint density at radius 3 is 3.11 bits per heavy atom. The number of carbonyl (C=O) groups excluding carboxylic acids is 1. The van der Waals surface area contributed by atoms with E-state index in [2.05, 4.69) is 5.32 Å². The summed E-state index contributed by atoms with van der Waals surface area (Å²) >= 11 is 0. The van der Waals surface area contributed by atoms with Crippen molar-refractivity contribution in [3.8, 4) is 0 Å². The smallest absolute Gasteiger partial charge is 0.337 e. The van der Waals surface area contributed by atoms with Gasteiger partial charge >= 0.3 is 5.97 Å². The number of methoxy groups -OCH3 is 1. The Labute approximate surface area is 114 Å². The lowest BCUT2D eigenvalue weighted by molar-refractivity contribution is 0.0599. The van der Waals surface area contributed by atoms with Gasteiger partial charge < -0.3 is 14.8 Å². The third-order valence-corrected chi connectivity index (χ3v) is 3.37. The monoisotopic (exact) mass is 263 g/mol. The molecule has 1 heterocycles. The van der Waals surface area contributed by atoms with Gasteiger partial charge in [-0.05, 0) is 43.0 Å². The van der Waals surface area contributed by atoms with Crippen molar-refractivity contribution in [2.24, 2.45) is 5.92 Å². The van der Waals surface area contributed by atoms with E-state index in [1.807, 2.05) is 18.2 Å². The van der Waals surface area contributed by atoms with Crippen LogP contribution in [0.1, 0.15) is 28.8 Å². The first-order valence-corrected chi connectivity index (χ1v) is 6.75. The molecule has 1 aliphatic heterocycles. The van der Waals surface area contributed by atoms with Gasteiger partial charge in [-0.25, -0.2) is 4.79 Å². The van der Waals surface area contributed by atoms with Crippen LogP contribution in [0.15, 0.2) is 24.3 Å². The minimum atomic E-state index is -0.307. The van der Waals surface area contributed by atoms with Crippen LogP contribution >= 0.6 is 0 Å². The predicted molar refractivity (Wildman–Crippen MR) is 73.0 cm³/mol. The van der Waals surface area contributed by atoms with E-state index in [0.29, 0.717) is 18.1 Å². The first-order valence-electron chi connectivity index (χ1n) is 6.75. The highest BCUT2D eigenvalue weighted by molar-refractivity contribution is 5.89. The maximum absolute atomic E-state index is 11.4. The standard InChI is InChI=1S/C15H21NO3/c1-18-15(17)14-6-2-4-12(8-14)10-19-11-13-5-3-7-16-9-13/h2,4,6,8,13,16H,3,5,7,9-11H2,1H3. The molecule has 1 unspecified atom stereocenters. The van der Waals surface area contributed by atoms with E-state index >= 15 is 0 Å². The lowest BCUT2D eigenvalue weighted by atomic mass is 10.0. The van der Waals surface area contributed by atoms with Gasteiger partial charge in [0.25, 0.3) is 0 Å². The van der Waals surface area contributed by atoms with Crippen molar-refractivity contribution in [3.05, 3.63) is 35.4 Å². The second-order valence-corrected chi connectivity index (χ2v) is 4.92. The highest BCUT2D eigenvalue weighted by atomic mass is 16.5. The first kappa shape index (κ1) is 14.0. The number of esters is 1. The van der Waals surface area contributed by atoms with Gasteiger partial charge in [-0.15, -0.1) is 0 Å². The van der Waals surface area contributed by atoms with Crippen LogP contribution in [0.2, 0.25) is 0 Å². The molecule has 0 aromatic heterocycles. The molecule has 19 heavy (non-hydrogen) atoms. The van der Waals surface area contributed by atoms with Crippen molar-refractivity contribution in [2.45, 2.75) is 19.4 Å². The topological polar surface area (TPSA) is 47.6 Å². The minimum absolute atomic E-state index is 0.307. The molecule has 0 amide bonds. The van der Waals surface area contributed by atoms with E-state index in [-0.39, 0.29) is 5.97 Å². The van der Waals surface area contributed by atoms with Gasteiger partial charge in [0.2, 0.25) is 0 Å². The molecule has 4 heteroatoms. The SMILES string of the molecule is COC(=O)c1cccc(COCC2CCCNC2)c1. The molecular weight excluding hydrogens is 242 g/mol. The summed E-state index contributed by atoms with van der Waals surface area (Å²) in [7, 11) is 1.39. The molecule has 0 bridgehead atoms. The van der Waals surface area contributed by atoms with Gasteiger partial charge in [-0.1, -0.05) is 12.1 Å². The summed E-state index contributed by atoms with van der Waals surface area (Å²) in [5.41, 5.74) is 1.58. The highest BCUT2D eigenvalue weighted by Gasteiger charge is 2.13. The van der Waals surface area contributed by atoms with Gasteiger partial charge in [0.05, 0.1) is 25.9 Å². The summed E-state index contributed by atoms with van der Waals surface area (Å²) in [5, 5.41) is 3.37. The molecule has 0 spiro atoms. The molecule has 1 aliphatic rings. The second kappa shape index (κ2) is 7.26. The van der Waals surface area contributed by atoms with Crippen molar-refractivity contribution in [1.82, 2.24) is 5.32 Å². The average molecular weight is 263 g/mol. The lowest BCUT2D eigenvalue weighted by Crippen LogP contribution is -2.32. The fraction of sp³-hybridized carbons (Fsp3) is 0.533. The Kier molecular flexibility index (Phi) is 5.36. The minimum Gasteiger partial charge on any atom is -0.465 e. The molecule has 2 rings (SSSR count). The summed E-state index contributed by atoms with van der Waals surface area (Å²) in [6.07, 6.45) is 2.46. The maximum Gasteiger partial charge on any atom is 0.337 e. The van der Waals surface area contributed by atoms with Crippen LogP contribution in [0, 0.1) is 5.92 Å². The number of ether oxygens (including phenoxy) is 2. The molecule has 1 N–H and O–H groups in total. The fourth-order valence-corrected chi connectivity index (χ4v) is 2.32. The third-order valence-electron chi connectivity index (χ3n) is 3.37. The Morgan fingerprint density at radius 1 is 1.47 bits per heavy atom. The zero-order chi connectivity index (χ0) is 13.5. The predicted octanol–water partition coefficient (Wildman–Crippen LogP) is 1.99. The van der Waals surface area contributed by atoms with Crippen LogP contribution in [-0.2, 0) is 16.1 Å². The van der Waals surface area contributed by atoms with Crippen LogP contribution in [0.4, 0.5) is 0 Å². The Balaban J connectivity index is 1.80. The number of nitrogens with one attached hydrogen (secondary N) is 1. The summed E-state index contributed by atoms with van der Waals surface area (Å²) in [6, 6.07) is 7.39. The molecule has 1 saturated heterocycles. The molecule has 1 aromatic carbocycles. The molecule has 0 aliphatic carbocycles. The van der Waals surface area contributed by atoms with Gasteiger partial charge in [-0.3, -0.25) is 0 Å². The summed E-state index contributed by atoms with van der Waals surface area (Å²) < 4.78 is 10.4. The third kappa shape index (κ3) is 4.33. The summed E-state index contributed by atoms with van der Waals surface area (Å²) in [6.45, 7) is 3.48. The van der Waals surface area contributed by atoms with Crippen molar-refractivity contribution >= 4 is 5.97 Å². The highest BCUT2D eigenvalue weighted by Crippen LogP contribution is 2.12. The average Bonchev–Trinajstić information content (AvgIpc) is 2.48. The number of hydrogen-bond donors (Lipinski definition) is 1. The Morgan fingerprint density at radius 2 is 2.37 bits per heavy atom. The van der Waals surface area contributed by atoms with Crippen molar-refractivity contribution in [3.63, 3.8) is 0 Å². The van der Waals surface area contributed by atoms with Gasteiger partial charge in [0.15, 0.2) is 0 Å². The van der Waals surface area contributed by atoms with Crippen molar-refractivity contribution < 1.29 is 14.3 Å². The van der Waals surface area contributed by atoms with E-state index in [0.717, 1.165) is 25.3 Å². The molecule has 1 atom stereocenters. The van der Waals surface area contributed by atoms with Crippen LogP contribution in [0.3, 0.4) is 0 Å². The molecule has 0 saturated carbocycles. The Hall–Kier alpha value is -1.39. The zero-order valence-electron chi connectivity index (χ0n) is 11.4. The largest absolute Gasteiger partial charge is 0.465 e. The van der Waals surface area contributed by atoms with Gasteiger partial charge in [-0.2, -0.15) is 0 Å². The van der Waals surface area contributed by atoms with E-state index in [1.165, 1.54) is 20.0 Å². The zero-order valence-corrected chi connectivity index (χ0v) is 11.4. The molecular formula is C15H21NO3. The molecule has 1 aromatic rings. The molecule has 104 valence electrons. The number of carbonyl (C=O) groups is 1. The molecule has 1 fully saturated rings. The maximum atomic E-state index is 11.4. The number of rotatable bonds is 5. The normalized spacial score (nSPS) is 19.1. The van der Waals surface area contributed by atoms with E-state index in [1.54, 1.807) is 6.07 Å². The Bertz CT molecular complexity index is 414. The van der Waals surface area contributed by atoms with Crippen LogP contribution in [0.5, 0.6) is 0 Å².